The lowest BCUT2D eigenvalue weighted by Crippen LogP contribution is -2.38. The quantitative estimate of drug-likeness (QED) is 0.584. The van der Waals surface area contributed by atoms with Crippen LogP contribution in [0.25, 0.3) is 5.65 Å². The molecule has 88 valence electrons. The Morgan fingerprint density at radius 1 is 1.25 bits per heavy atom. The van der Waals surface area contributed by atoms with E-state index in [1.165, 1.54) is 0 Å². The highest BCUT2D eigenvalue weighted by molar-refractivity contribution is 5.64. The largest absolute Gasteiger partial charge is 0.394 e. The molecule has 7 nitrogen and oxygen atoms in total. The summed E-state index contributed by atoms with van der Waals surface area (Å²) >= 11 is 0. The molecule has 16 heavy (non-hydrogen) atoms. The van der Waals surface area contributed by atoms with Gasteiger partial charge in [-0.1, -0.05) is 0 Å². The van der Waals surface area contributed by atoms with Gasteiger partial charge in [0.25, 0.3) is 0 Å². The van der Waals surface area contributed by atoms with Gasteiger partial charge in [0.2, 0.25) is 0 Å². The number of nitrogens with zero attached hydrogens (tertiary/aromatic N) is 4. The maximum atomic E-state index is 8.96. The smallest absolute Gasteiger partial charge is 0.177 e. The molecular weight excluding hydrogens is 210 g/mol. The van der Waals surface area contributed by atoms with Crippen LogP contribution < -0.4 is 10.7 Å². The van der Waals surface area contributed by atoms with Crippen LogP contribution in [0.3, 0.4) is 0 Å². The van der Waals surface area contributed by atoms with Crippen molar-refractivity contribution in [3.05, 3.63) is 18.6 Å². The maximum absolute atomic E-state index is 8.96. The number of nitrogens with two attached hydrogens (primary N) is 1. The molecule has 2 aromatic heterocycles. The Labute approximate surface area is 92.3 Å². The number of aliphatic hydroxyl groups is 2. The molecule has 0 saturated heterocycles. The summed E-state index contributed by atoms with van der Waals surface area (Å²) in [5, 5.41) is 23.8. The van der Waals surface area contributed by atoms with Crippen LogP contribution in [0.4, 0.5) is 5.69 Å². The molecule has 0 aliphatic carbocycles. The van der Waals surface area contributed by atoms with Crippen molar-refractivity contribution in [3.63, 3.8) is 0 Å². The molecule has 0 saturated carbocycles. The number of hydrogen-bond acceptors (Lipinski definition) is 5. The summed E-state index contributed by atoms with van der Waals surface area (Å²) in [6.45, 7) is 0.877. The van der Waals surface area contributed by atoms with E-state index in [1.54, 1.807) is 32.8 Å². The molecule has 2 rings (SSSR count). The van der Waals surface area contributed by atoms with E-state index in [0.717, 1.165) is 5.65 Å². The molecule has 0 aromatic carbocycles. The fourth-order valence-electron chi connectivity index (χ4n) is 1.70. The van der Waals surface area contributed by atoms with E-state index < -0.39 is 0 Å². The first-order chi connectivity index (χ1) is 7.77. The Hall–Kier alpha value is -1.73. The number of imidazole rings is 1. The standard InChI is InChI=1S/C9H15N5O2/c10-8-7-11-13-1-2-14(9(8)13)12(3-5-15)4-6-16/h1-2,7,15-16H,3-6,10H2. The first-order valence-corrected chi connectivity index (χ1v) is 5.05. The lowest BCUT2D eigenvalue weighted by Gasteiger charge is -2.24. The van der Waals surface area contributed by atoms with Gasteiger partial charge in [0, 0.05) is 12.4 Å². The molecule has 0 fully saturated rings. The Morgan fingerprint density at radius 2 is 1.94 bits per heavy atom. The predicted molar refractivity (Wildman–Crippen MR) is 59.7 cm³/mol. The highest BCUT2D eigenvalue weighted by Gasteiger charge is 2.11. The van der Waals surface area contributed by atoms with E-state index in [-0.39, 0.29) is 13.2 Å². The molecule has 2 aromatic rings. The van der Waals surface area contributed by atoms with E-state index in [2.05, 4.69) is 5.10 Å². The average Bonchev–Trinajstić information content (AvgIpc) is 2.82. The number of aliphatic hydroxyl groups excluding tert-OH is 2. The Kier molecular flexibility index (Phi) is 2.97. The number of nitrogen functional groups attached to an aromatic ring is 1. The molecule has 0 amide bonds. The van der Waals surface area contributed by atoms with Gasteiger partial charge in [-0.15, -0.1) is 0 Å². The first kappa shape index (κ1) is 10.8. The third-order valence-electron chi connectivity index (χ3n) is 2.38. The van der Waals surface area contributed by atoms with Crippen LogP contribution in [0.15, 0.2) is 18.6 Å². The van der Waals surface area contributed by atoms with Crippen LogP contribution in [0.2, 0.25) is 0 Å². The van der Waals surface area contributed by atoms with Crippen LogP contribution in [0.5, 0.6) is 0 Å². The molecule has 2 heterocycles. The molecule has 0 bridgehead atoms. The van der Waals surface area contributed by atoms with E-state index in [1.807, 2.05) is 0 Å². The number of rotatable bonds is 5. The van der Waals surface area contributed by atoms with E-state index in [0.29, 0.717) is 18.8 Å². The second-order valence-corrected chi connectivity index (χ2v) is 3.41. The summed E-state index contributed by atoms with van der Waals surface area (Å²) in [4.78, 5) is 0. The Bertz CT molecular complexity index is 457. The number of aromatic nitrogens is 3. The van der Waals surface area contributed by atoms with Gasteiger partial charge in [0.15, 0.2) is 5.65 Å². The third-order valence-corrected chi connectivity index (χ3v) is 2.38. The number of hydrogen-bond donors (Lipinski definition) is 3. The molecule has 0 unspecified atom stereocenters. The van der Waals surface area contributed by atoms with Crippen molar-refractivity contribution >= 4 is 11.3 Å². The van der Waals surface area contributed by atoms with Gasteiger partial charge in [-0.05, 0) is 0 Å². The molecule has 0 atom stereocenters. The lowest BCUT2D eigenvalue weighted by molar-refractivity contribution is 0.266. The van der Waals surface area contributed by atoms with Gasteiger partial charge in [-0.25, -0.2) is 9.19 Å². The topological polar surface area (TPSA) is 92.0 Å². The summed E-state index contributed by atoms with van der Waals surface area (Å²) in [5.74, 6) is 0. The SMILES string of the molecule is Nc1cnn2ccn(N(CCO)CCO)c12. The van der Waals surface area contributed by atoms with Gasteiger partial charge in [0.1, 0.15) is 0 Å². The van der Waals surface area contributed by atoms with E-state index in [4.69, 9.17) is 15.9 Å². The second kappa shape index (κ2) is 4.42. The van der Waals surface area contributed by atoms with E-state index in [9.17, 15) is 0 Å². The van der Waals surface area contributed by atoms with Crippen LogP contribution in [0, 0.1) is 0 Å². The molecular formula is C9H15N5O2. The molecule has 0 spiro atoms. The van der Waals surface area contributed by atoms with Crippen LogP contribution in [0.1, 0.15) is 0 Å². The minimum absolute atomic E-state index is 0.0123. The normalized spacial score (nSPS) is 11.1. The number of fused-ring (bicyclic) bond motifs is 1. The minimum atomic E-state index is 0.0123. The fraction of sp³-hybridized carbons (Fsp3) is 0.444. The highest BCUT2D eigenvalue weighted by atomic mass is 16.3. The van der Waals surface area contributed by atoms with Crippen molar-refractivity contribution in [2.24, 2.45) is 0 Å². The highest BCUT2D eigenvalue weighted by Crippen LogP contribution is 2.13. The van der Waals surface area contributed by atoms with Crippen molar-refractivity contribution in [2.45, 2.75) is 0 Å². The van der Waals surface area contributed by atoms with Gasteiger partial charge in [-0.3, -0.25) is 0 Å². The Morgan fingerprint density at radius 3 is 2.56 bits per heavy atom. The van der Waals surface area contributed by atoms with Crippen molar-refractivity contribution in [1.82, 2.24) is 14.3 Å². The van der Waals surface area contributed by atoms with Crippen LogP contribution in [-0.4, -0.2) is 50.8 Å². The molecule has 0 aliphatic rings. The zero-order valence-electron chi connectivity index (χ0n) is 8.82. The molecule has 4 N–H and O–H groups in total. The maximum Gasteiger partial charge on any atom is 0.177 e. The summed E-state index contributed by atoms with van der Waals surface area (Å²) in [7, 11) is 0. The summed E-state index contributed by atoms with van der Waals surface area (Å²) < 4.78 is 3.44. The van der Waals surface area contributed by atoms with Gasteiger partial charge in [0.05, 0.1) is 38.2 Å². The van der Waals surface area contributed by atoms with Crippen LogP contribution in [-0.2, 0) is 0 Å². The summed E-state index contributed by atoms with van der Waals surface area (Å²) in [5.41, 5.74) is 7.09. The van der Waals surface area contributed by atoms with Crippen LogP contribution >= 0.6 is 0 Å². The summed E-state index contributed by atoms with van der Waals surface area (Å²) in [6, 6.07) is 0. The van der Waals surface area contributed by atoms with Crippen molar-refractivity contribution < 1.29 is 10.2 Å². The average molecular weight is 225 g/mol. The van der Waals surface area contributed by atoms with Crippen molar-refractivity contribution in [2.75, 3.05) is 37.0 Å². The van der Waals surface area contributed by atoms with Gasteiger partial charge in [-0.2, -0.15) is 5.10 Å². The molecule has 0 radical (unpaired) electrons. The number of anilines is 1. The molecule has 7 heteroatoms. The van der Waals surface area contributed by atoms with Gasteiger partial charge >= 0.3 is 0 Å². The van der Waals surface area contributed by atoms with Crippen molar-refractivity contribution in [1.29, 1.82) is 0 Å². The first-order valence-electron chi connectivity index (χ1n) is 5.05. The lowest BCUT2D eigenvalue weighted by atomic mass is 10.5. The zero-order chi connectivity index (χ0) is 11.5. The second-order valence-electron chi connectivity index (χ2n) is 3.41. The summed E-state index contributed by atoms with van der Waals surface area (Å²) in [6.07, 6.45) is 5.14. The Balaban J connectivity index is 2.38. The monoisotopic (exact) mass is 225 g/mol. The molecule has 0 aliphatic heterocycles. The van der Waals surface area contributed by atoms with Gasteiger partial charge < -0.3 is 21.0 Å². The third kappa shape index (κ3) is 1.70. The van der Waals surface area contributed by atoms with E-state index >= 15 is 0 Å². The predicted octanol–water partition coefficient (Wildman–Crippen LogP) is -1.36. The minimum Gasteiger partial charge on any atom is -0.394 e. The van der Waals surface area contributed by atoms with Crippen molar-refractivity contribution in [3.8, 4) is 0 Å². The zero-order valence-corrected chi connectivity index (χ0v) is 8.82. The fourth-order valence-corrected chi connectivity index (χ4v) is 1.70.